The molecule has 0 aliphatic carbocycles. The zero-order valence-electron chi connectivity index (χ0n) is 9.25. The van der Waals surface area contributed by atoms with Crippen molar-refractivity contribution in [3.8, 4) is 11.1 Å². The van der Waals surface area contributed by atoms with Crippen molar-refractivity contribution in [1.82, 2.24) is 0 Å². The van der Waals surface area contributed by atoms with Gasteiger partial charge in [-0.3, -0.25) is 0 Å². The van der Waals surface area contributed by atoms with Crippen LogP contribution in [0, 0.1) is 6.92 Å². The Morgan fingerprint density at radius 3 is 2.24 bits per heavy atom. The normalized spacial score (nSPS) is 11.5. The van der Waals surface area contributed by atoms with Gasteiger partial charge in [-0.2, -0.15) is 13.2 Å². The van der Waals surface area contributed by atoms with Gasteiger partial charge in [-0.05, 0) is 24.1 Å². The number of alkyl halides is 3. The van der Waals surface area contributed by atoms with Crippen LogP contribution < -0.4 is 0 Å². The Kier molecular flexibility index (Phi) is 2.92. The van der Waals surface area contributed by atoms with Gasteiger partial charge in [0.2, 0.25) is 0 Å². The SMILES string of the molecule is Cc1cccc(-c2ccccc2C(F)(F)F)c1. The summed E-state index contributed by atoms with van der Waals surface area (Å²) < 4.78 is 38.5. The first-order chi connectivity index (χ1) is 7.98. The van der Waals surface area contributed by atoms with Gasteiger partial charge in [0, 0.05) is 0 Å². The summed E-state index contributed by atoms with van der Waals surface area (Å²) in [7, 11) is 0. The van der Waals surface area contributed by atoms with Crippen LogP contribution in [0.3, 0.4) is 0 Å². The molecule has 0 spiro atoms. The molecular weight excluding hydrogens is 225 g/mol. The molecule has 0 saturated carbocycles. The standard InChI is InChI=1S/C14H11F3/c1-10-5-4-6-11(9-10)12-7-2-3-8-13(12)14(15,16)17/h2-9H,1H3. The summed E-state index contributed by atoms with van der Waals surface area (Å²) in [6.07, 6.45) is -4.32. The molecule has 2 aromatic rings. The first-order valence-corrected chi connectivity index (χ1v) is 5.22. The molecule has 0 aliphatic heterocycles. The van der Waals surface area contributed by atoms with Crippen molar-refractivity contribution in [1.29, 1.82) is 0 Å². The second kappa shape index (κ2) is 4.24. The molecule has 0 fully saturated rings. The lowest BCUT2D eigenvalue weighted by molar-refractivity contribution is -0.137. The molecule has 0 saturated heterocycles. The fourth-order valence-electron chi connectivity index (χ4n) is 1.79. The monoisotopic (exact) mass is 236 g/mol. The van der Waals surface area contributed by atoms with E-state index in [1.165, 1.54) is 12.1 Å². The summed E-state index contributed by atoms with van der Waals surface area (Å²) in [5, 5.41) is 0. The molecule has 0 aromatic heterocycles. The van der Waals surface area contributed by atoms with Crippen LogP contribution >= 0.6 is 0 Å². The first kappa shape index (κ1) is 11.7. The predicted octanol–water partition coefficient (Wildman–Crippen LogP) is 4.68. The van der Waals surface area contributed by atoms with Crippen molar-refractivity contribution >= 4 is 0 Å². The van der Waals surface area contributed by atoms with Gasteiger partial charge in [0.1, 0.15) is 0 Å². The molecule has 0 aliphatic rings. The van der Waals surface area contributed by atoms with E-state index in [0.29, 0.717) is 5.56 Å². The van der Waals surface area contributed by atoms with Crippen molar-refractivity contribution in [3.05, 3.63) is 59.7 Å². The Morgan fingerprint density at radius 2 is 1.59 bits per heavy atom. The highest BCUT2D eigenvalue weighted by molar-refractivity contribution is 5.68. The summed E-state index contributed by atoms with van der Waals surface area (Å²) in [5.74, 6) is 0. The number of hydrogen-bond donors (Lipinski definition) is 0. The van der Waals surface area contributed by atoms with Crippen LogP contribution in [0.25, 0.3) is 11.1 Å². The second-order valence-electron chi connectivity index (χ2n) is 3.91. The largest absolute Gasteiger partial charge is 0.417 e. The Hall–Kier alpha value is -1.77. The average molecular weight is 236 g/mol. The maximum atomic E-state index is 12.8. The first-order valence-electron chi connectivity index (χ1n) is 5.22. The maximum absolute atomic E-state index is 12.8. The van der Waals surface area contributed by atoms with Crippen LogP contribution in [0.15, 0.2) is 48.5 Å². The molecule has 0 N–H and O–H groups in total. The average Bonchev–Trinajstić information content (AvgIpc) is 2.28. The van der Waals surface area contributed by atoms with Crippen molar-refractivity contribution in [2.75, 3.05) is 0 Å². The van der Waals surface area contributed by atoms with E-state index in [-0.39, 0.29) is 5.56 Å². The van der Waals surface area contributed by atoms with Crippen LogP contribution in [-0.2, 0) is 6.18 Å². The predicted molar refractivity (Wildman–Crippen MR) is 61.6 cm³/mol. The molecular formula is C14H11F3. The second-order valence-corrected chi connectivity index (χ2v) is 3.91. The zero-order chi connectivity index (χ0) is 12.5. The molecule has 0 amide bonds. The van der Waals surface area contributed by atoms with E-state index in [0.717, 1.165) is 11.6 Å². The number of halogens is 3. The summed E-state index contributed by atoms with van der Waals surface area (Å²) in [6.45, 7) is 1.86. The van der Waals surface area contributed by atoms with Crippen LogP contribution in [0.1, 0.15) is 11.1 Å². The highest BCUT2D eigenvalue weighted by atomic mass is 19.4. The molecule has 0 bridgehead atoms. The molecule has 0 heterocycles. The van der Waals surface area contributed by atoms with E-state index in [2.05, 4.69) is 0 Å². The van der Waals surface area contributed by atoms with Gasteiger partial charge in [0.15, 0.2) is 0 Å². The Bertz CT molecular complexity index is 527. The van der Waals surface area contributed by atoms with Crippen molar-refractivity contribution in [2.45, 2.75) is 13.1 Å². The van der Waals surface area contributed by atoms with E-state index < -0.39 is 11.7 Å². The van der Waals surface area contributed by atoms with Gasteiger partial charge in [0.25, 0.3) is 0 Å². The topological polar surface area (TPSA) is 0 Å². The highest BCUT2D eigenvalue weighted by Crippen LogP contribution is 2.36. The van der Waals surface area contributed by atoms with Gasteiger partial charge < -0.3 is 0 Å². The Morgan fingerprint density at radius 1 is 0.882 bits per heavy atom. The van der Waals surface area contributed by atoms with Crippen LogP contribution in [0.4, 0.5) is 13.2 Å². The lowest BCUT2D eigenvalue weighted by Crippen LogP contribution is -2.06. The summed E-state index contributed by atoms with van der Waals surface area (Å²) in [6, 6.07) is 12.7. The van der Waals surface area contributed by atoms with Gasteiger partial charge in [-0.15, -0.1) is 0 Å². The van der Waals surface area contributed by atoms with E-state index in [1.807, 2.05) is 13.0 Å². The lowest BCUT2D eigenvalue weighted by Gasteiger charge is -2.13. The number of hydrogen-bond acceptors (Lipinski definition) is 0. The summed E-state index contributed by atoms with van der Waals surface area (Å²) in [5.41, 5.74) is 1.17. The fourth-order valence-corrected chi connectivity index (χ4v) is 1.79. The van der Waals surface area contributed by atoms with Crippen LogP contribution in [0.2, 0.25) is 0 Å². The minimum atomic E-state index is -4.32. The molecule has 0 radical (unpaired) electrons. The number of rotatable bonds is 1. The summed E-state index contributed by atoms with van der Waals surface area (Å²) in [4.78, 5) is 0. The van der Waals surface area contributed by atoms with E-state index >= 15 is 0 Å². The van der Waals surface area contributed by atoms with Gasteiger partial charge in [0.05, 0.1) is 5.56 Å². The third kappa shape index (κ3) is 2.49. The minimum Gasteiger partial charge on any atom is -0.166 e. The molecule has 0 nitrogen and oxygen atoms in total. The number of benzene rings is 2. The Balaban J connectivity index is 2.60. The minimum absolute atomic E-state index is 0.226. The van der Waals surface area contributed by atoms with Gasteiger partial charge in [-0.25, -0.2) is 0 Å². The lowest BCUT2D eigenvalue weighted by atomic mass is 9.98. The fraction of sp³-hybridized carbons (Fsp3) is 0.143. The van der Waals surface area contributed by atoms with E-state index in [4.69, 9.17) is 0 Å². The molecule has 0 atom stereocenters. The van der Waals surface area contributed by atoms with Crippen molar-refractivity contribution < 1.29 is 13.2 Å². The van der Waals surface area contributed by atoms with Gasteiger partial charge >= 0.3 is 6.18 Å². The third-order valence-corrected chi connectivity index (χ3v) is 2.56. The van der Waals surface area contributed by atoms with Crippen LogP contribution in [0.5, 0.6) is 0 Å². The Labute approximate surface area is 97.7 Å². The van der Waals surface area contributed by atoms with Gasteiger partial charge in [-0.1, -0.05) is 48.0 Å². The quantitative estimate of drug-likeness (QED) is 0.674. The van der Waals surface area contributed by atoms with E-state index in [1.54, 1.807) is 24.3 Å². The van der Waals surface area contributed by atoms with Crippen LogP contribution in [-0.4, -0.2) is 0 Å². The number of aryl methyl sites for hydroxylation is 1. The highest BCUT2D eigenvalue weighted by Gasteiger charge is 2.33. The molecule has 2 rings (SSSR count). The van der Waals surface area contributed by atoms with Crippen molar-refractivity contribution in [2.24, 2.45) is 0 Å². The van der Waals surface area contributed by atoms with E-state index in [9.17, 15) is 13.2 Å². The molecule has 88 valence electrons. The summed E-state index contributed by atoms with van der Waals surface area (Å²) >= 11 is 0. The molecule has 17 heavy (non-hydrogen) atoms. The smallest absolute Gasteiger partial charge is 0.166 e. The third-order valence-electron chi connectivity index (χ3n) is 2.56. The van der Waals surface area contributed by atoms with Crippen molar-refractivity contribution in [3.63, 3.8) is 0 Å². The maximum Gasteiger partial charge on any atom is 0.417 e. The zero-order valence-corrected chi connectivity index (χ0v) is 9.25. The molecule has 2 aromatic carbocycles. The molecule has 3 heteroatoms. The molecule has 0 unspecified atom stereocenters.